The molecule has 3 N–H and O–H groups in total. The number of benzene rings is 1. The largest absolute Gasteiger partial charge is 0.399 e. The summed E-state index contributed by atoms with van der Waals surface area (Å²) in [5.41, 5.74) is 9.05. The highest BCUT2D eigenvalue weighted by atomic mass is 32.2. The van der Waals surface area contributed by atoms with Gasteiger partial charge in [-0.25, -0.2) is 0 Å². The molecule has 1 saturated carbocycles. The molecule has 1 aromatic rings. The first-order valence-corrected chi connectivity index (χ1v) is 7.15. The van der Waals surface area contributed by atoms with Crippen molar-refractivity contribution in [3.8, 4) is 0 Å². The van der Waals surface area contributed by atoms with E-state index in [0.717, 1.165) is 16.5 Å². The van der Waals surface area contributed by atoms with E-state index in [1.54, 1.807) is 0 Å². The number of nitrogens with two attached hydrogens (primary N) is 1. The normalized spacial score (nSPS) is 24.6. The fraction of sp³-hybridized carbons (Fsp3) is 0.538. The summed E-state index contributed by atoms with van der Waals surface area (Å²) < 4.78 is 0. The van der Waals surface area contributed by atoms with Crippen LogP contribution in [0.5, 0.6) is 0 Å². The summed E-state index contributed by atoms with van der Waals surface area (Å²) in [7, 11) is 0. The molecule has 0 radical (unpaired) electrons. The van der Waals surface area contributed by atoms with E-state index in [0.29, 0.717) is 6.04 Å². The summed E-state index contributed by atoms with van der Waals surface area (Å²) in [5, 5.41) is 4.40. The van der Waals surface area contributed by atoms with E-state index in [9.17, 15) is 0 Å². The molecule has 3 heteroatoms. The predicted molar refractivity (Wildman–Crippen MR) is 74.2 cm³/mol. The number of nitrogens with one attached hydrogen (secondary N) is 1. The van der Waals surface area contributed by atoms with Crippen molar-refractivity contribution in [2.24, 2.45) is 0 Å². The van der Waals surface area contributed by atoms with Gasteiger partial charge in [0.25, 0.3) is 0 Å². The first kappa shape index (κ1) is 11.6. The van der Waals surface area contributed by atoms with Crippen molar-refractivity contribution < 1.29 is 0 Å². The lowest BCUT2D eigenvalue weighted by molar-refractivity contribution is 0.768. The van der Waals surface area contributed by atoms with Crippen molar-refractivity contribution in [1.29, 1.82) is 0 Å². The molecule has 2 rings (SSSR count). The zero-order valence-electron chi connectivity index (χ0n) is 9.99. The Morgan fingerprint density at radius 1 is 1.38 bits per heavy atom. The first-order chi connectivity index (χ1) is 7.70. The number of anilines is 2. The molecule has 0 aromatic heterocycles. The number of rotatable bonds is 3. The van der Waals surface area contributed by atoms with Crippen molar-refractivity contribution in [2.45, 2.75) is 37.5 Å². The summed E-state index contributed by atoms with van der Waals surface area (Å²) in [6.07, 6.45) is 6.18. The van der Waals surface area contributed by atoms with Crippen LogP contribution in [0.2, 0.25) is 0 Å². The Labute approximate surface area is 102 Å². The van der Waals surface area contributed by atoms with Crippen molar-refractivity contribution in [3.63, 3.8) is 0 Å². The van der Waals surface area contributed by atoms with Gasteiger partial charge in [0.05, 0.1) is 0 Å². The van der Waals surface area contributed by atoms with Gasteiger partial charge in [0.15, 0.2) is 0 Å². The zero-order chi connectivity index (χ0) is 11.5. The molecule has 0 aliphatic heterocycles. The van der Waals surface area contributed by atoms with E-state index in [-0.39, 0.29) is 0 Å². The van der Waals surface area contributed by atoms with Gasteiger partial charge in [-0.15, -0.1) is 0 Å². The van der Waals surface area contributed by atoms with E-state index in [4.69, 9.17) is 5.73 Å². The van der Waals surface area contributed by atoms with Crippen molar-refractivity contribution in [2.75, 3.05) is 17.3 Å². The van der Waals surface area contributed by atoms with Crippen molar-refractivity contribution >= 4 is 23.1 Å². The molecule has 2 nitrogen and oxygen atoms in total. The number of hydrogen-bond acceptors (Lipinski definition) is 3. The van der Waals surface area contributed by atoms with Crippen LogP contribution in [0, 0.1) is 6.92 Å². The van der Waals surface area contributed by atoms with Gasteiger partial charge in [0.1, 0.15) is 0 Å². The molecule has 0 spiro atoms. The lowest BCUT2D eigenvalue weighted by atomic mass is 10.1. The summed E-state index contributed by atoms with van der Waals surface area (Å²) in [6.45, 7) is 2.06. The summed E-state index contributed by atoms with van der Waals surface area (Å²) in [5.74, 6) is 0. The van der Waals surface area contributed by atoms with Gasteiger partial charge in [-0.3, -0.25) is 0 Å². The van der Waals surface area contributed by atoms with Crippen LogP contribution in [-0.2, 0) is 0 Å². The molecular formula is C13H20N2S. The lowest BCUT2D eigenvalue weighted by Gasteiger charge is -2.20. The van der Waals surface area contributed by atoms with Crippen LogP contribution < -0.4 is 11.1 Å². The molecule has 88 valence electrons. The second-order valence-electron chi connectivity index (χ2n) is 4.53. The quantitative estimate of drug-likeness (QED) is 0.791. The smallest absolute Gasteiger partial charge is 0.0379 e. The zero-order valence-corrected chi connectivity index (χ0v) is 10.8. The Kier molecular flexibility index (Phi) is 3.64. The molecule has 0 bridgehead atoms. The Morgan fingerprint density at radius 2 is 2.19 bits per heavy atom. The molecule has 2 unspecified atom stereocenters. The Morgan fingerprint density at radius 3 is 2.88 bits per heavy atom. The molecule has 2 atom stereocenters. The number of aryl methyl sites for hydroxylation is 1. The summed E-state index contributed by atoms with van der Waals surface area (Å²) >= 11 is 1.98. The molecule has 1 aliphatic carbocycles. The van der Waals surface area contributed by atoms with Crippen molar-refractivity contribution in [3.05, 3.63) is 23.8 Å². The number of thioether (sulfide) groups is 1. The van der Waals surface area contributed by atoms with E-state index in [1.165, 1.54) is 24.9 Å². The summed E-state index contributed by atoms with van der Waals surface area (Å²) in [4.78, 5) is 0. The fourth-order valence-corrected chi connectivity index (χ4v) is 3.29. The highest BCUT2D eigenvalue weighted by Crippen LogP contribution is 2.31. The Hall–Kier alpha value is -0.830. The average molecular weight is 236 g/mol. The number of hydrogen-bond donors (Lipinski definition) is 2. The van der Waals surface area contributed by atoms with Gasteiger partial charge < -0.3 is 11.1 Å². The minimum atomic E-state index is 0.623. The second kappa shape index (κ2) is 5.00. The van der Waals surface area contributed by atoms with Crippen LogP contribution in [0.15, 0.2) is 18.2 Å². The minimum Gasteiger partial charge on any atom is -0.399 e. The molecule has 16 heavy (non-hydrogen) atoms. The van der Waals surface area contributed by atoms with Gasteiger partial charge in [0, 0.05) is 22.7 Å². The molecular weight excluding hydrogens is 216 g/mol. The maximum Gasteiger partial charge on any atom is 0.0379 e. The molecule has 1 aliphatic rings. The van der Waals surface area contributed by atoms with Gasteiger partial charge in [0.2, 0.25) is 0 Å². The monoisotopic (exact) mass is 236 g/mol. The van der Waals surface area contributed by atoms with Gasteiger partial charge >= 0.3 is 0 Å². The van der Waals surface area contributed by atoms with Gasteiger partial charge in [-0.05, 0) is 49.8 Å². The van der Waals surface area contributed by atoms with E-state index in [2.05, 4.69) is 30.6 Å². The van der Waals surface area contributed by atoms with Gasteiger partial charge in [-0.1, -0.05) is 6.42 Å². The van der Waals surface area contributed by atoms with Crippen LogP contribution >= 0.6 is 11.8 Å². The summed E-state index contributed by atoms with van der Waals surface area (Å²) in [6, 6.07) is 6.84. The molecule has 0 amide bonds. The Balaban J connectivity index is 2.05. The maximum absolute atomic E-state index is 5.82. The van der Waals surface area contributed by atoms with Gasteiger partial charge in [-0.2, -0.15) is 11.8 Å². The Bertz CT molecular complexity index is 365. The maximum atomic E-state index is 5.82. The molecule has 1 aromatic carbocycles. The molecule has 0 saturated heterocycles. The van der Waals surface area contributed by atoms with E-state index < -0.39 is 0 Å². The van der Waals surface area contributed by atoms with Crippen LogP contribution in [0.25, 0.3) is 0 Å². The standard InChI is InChI=1S/C13H20N2S/c1-9-8-10(6-7-11(9)14)15-12-4-3-5-13(12)16-2/h6-8,12-13,15H,3-5,14H2,1-2H3. The predicted octanol–water partition coefficient (Wildman–Crippen LogP) is 3.27. The topological polar surface area (TPSA) is 38.0 Å². The first-order valence-electron chi connectivity index (χ1n) is 5.86. The highest BCUT2D eigenvalue weighted by Gasteiger charge is 2.26. The van der Waals surface area contributed by atoms with Crippen LogP contribution in [-0.4, -0.2) is 17.5 Å². The van der Waals surface area contributed by atoms with Crippen LogP contribution in [0.1, 0.15) is 24.8 Å². The second-order valence-corrected chi connectivity index (χ2v) is 5.60. The third kappa shape index (κ3) is 2.46. The highest BCUT2D eigenvalue weighted by molar-refractivity contribution is 7.99. The molecule has 1 fully saturated rings. The third-order valence-electron chi connectivity index (χ3n) is 3.38. The van der Waals surface area contributed by atoms with Crippen LogP contribution in [0.3, 0.4) is 0 Å². The van der Waals surface area contributed by atoms with E-state index >= 15 is 0 Å². The van der Waals surface area contributed by atoms with Crippen molar-refractivity contribution in [1.82, 2.24) is 0 Å². The molecule has 0 heterocycles. The minimum absolute atomic E-state index is 0.623. The fourth-order valence-electron chi connectivity index (χ4n) is 2.35. The van der Waals surface area contributed by atoms with E-state index in [1.807, 2.05) is 17.8 Å². The third-order valence-corrected chi connectivity index (χ3v) is 4.55. The van der Waals surface area contributed by atoms with Crippen LogP contribution in [0.4, 0.5) is 11.4 Å². The average Bonchev–Trinajstić information content (AvgIpc) is 2.71. The lowest BCUT2D eigenvalue weighted by Crippen LogP contribution is -2.25. The number of nitrogen functional groups attached to an aromatic ring is 1. The SMILES string of the molecule is CSC1CCCC1Nc1ccc(N)c(C)c1.